The first-order valence-electron chi connectivity index (χ1n) is 6.22. The molecule has 0 aromatic heterocycles. The van der Waals surface area contributed by atoms with Gasteiger partial charge in [0, 0.05) is 0 Å². The molecule has 0 fully saturated rings. The van der Waals surface area contributed by atoms with Crippen LogP contribution in [0.5, 0.6) is 5.75 Å². The zero-order chi connectivity index (χ0) is 15.0. The lowest BCUT2D eigenvalue weighted by atomic mass is 10.1. The van der Waals surface area contributed by atoms with Crippen molar-refractivity contribution in [3.05, 3.63) is 42.5 Å². The molecule has 1 rings (SSSR count). The molecule has 0 heterocycles. The zero-order valence-electron chi connectivity index (χ0n) is 11.7. The Morgan fingerprint density at radius 2 is 2.00 bits per heavy atom. The second-order valence-electron chi connectivity index (χ2n) is 4.20. The average Bonchev–Trinajstić information content (AvgIpc) is 2.50. The highest BCUT2D eigenvalue weighted by atomic mass is 16.5. The van der Waals surface area contributed by atoms with E-state index < -0.39 is 18.2 Å². The Balaban J connectivity index is 2.60. The summed E-state index contributed by atoms with van der Waals surface area (Å²) >= 11 is 0. The van der Waals surface area contributed by atoms with E-state index in [0.717, 1.165) is 11.3 Å². The molecule has 5 heteroatoms. The summed E-state index contributed by atoms with van der Waals surface area (Å²) in [5, 5.41) is 9.75. The van der Waals surface area contributed by atoms with Crippen LogP contribution in [0, 0.1) is 0 Å². The molecule has 5 nitrogen and oxygen atoms in total. The lowest BCUT2D eigenvalue weighted by Gasteiger charge is -2.20. The van der Waals surface area contributed by atoms with E-state index in [1.54, 1.807) is 7.11 Å². The van der Waals surface area contributed by atoms with E-state index in [4.69, 9.17) is 9.47 Å². The zero-order valence-corrected chi connectivity index (χ0v) is 11.7. The van der Waals surface area contributed by atoms with E-state index in [9.17, 15) is 9.90 Å². The molecule has 0 spiro atoms. The Morgan fingerprint density at radius 1 is 1.35 bits per heavy atom. The molecule has 0 aliphatic heterocycles. The summed E-state index contributed by atoms with van der Waals surface area (Å²) < 4.78 is 15.2. The fourth-order valence-electron chi connectivity index (χ4n) is 1.60. The van der Waals surface area contributed by atoms with Crippen LogP contribution in [0.1, 0.15) is 12.0 Å². The van der Waals surface area contributed by atoms with Gasteiger partial charge in [0.1, 0.15) is 5.75 Å². The van der Waals surface area contributed by atoms with Gasteiger partial charge in [0.2, 0.25) is 0 Å². The summed E-state index contributed by atoms with van der Waals surface area (Å²) in [6, 6.07) is 7.35. The molecule has 0 aliphatic carbocycles. The van der Waals surface area contributed by atoms with Crippen molar-refractivity contribution in [3.63, 3.8) is 0 Å². The third-order valence-electron chi connectivity index (χ3n) is 2.84. The van der Waals surface area contributed by atoms with Gasteiger partial charge in [0.15, 0.2) is 0 Å². The molecular formula is C15H20O5. The minimum atomic E-state index is -0.924. The first-order chi connectivity index (χ1) is 9.60. The lowest BCUT2D eigenvalue weighted by Crippen LogP contribution is -2.30. The van der Waals surface area contributed by atoms with Crippen molar-refractivity contribution in [2.45, 2.75) is 25.2 Å². The van der Waals surface area contributed by atoms with Crippen LogP contribution in [-0.4, -0.2) is 37.5 Å². The molecular weight excluding hydrogens is 260 g/mol. The highest BCUT2D eigenvalue weighted by Gasteiger charge is 2.21. The topological polar surface area (TPSA) is 65.0 Å². The van der Waals surface area contributed by atoms with Gasteiger partial charge in [0.05, 0.1) is 39.5 Å². The Bertz CT molecular complexity index is 426. The van der Waals surface area contributed by atoms with Gasteiger partial charge in [-0.2, -0.15) is 0 Å². The average molecular weight is 280 g/mol. The van der Waals surface area contributed by atoms with Crippen molar-refractivity contribution < 1.29 is 24.1 Å². The molecule has 1 aromatic rings. The number of hydrogen-bond acceptors (Lipinski definition) is 5. The number of aliphatic hydroxyl groups excluding tert-OH is 1. The molecule has 0 bridgehead atoms. The summed E-state index contributed by atoms with van der Waals surface area (Å²) in [6.07, 6.45) is -0.295. The highest BCUT2D eigenvalue weighted by molar-refractivity contribution is 5.69. The molecule has 20 heavy (non-hydrogen) atoms. The van der Waals surface area contributed by atoms with Crippen LogP contribution < -0.4 is 4.74 Å². The van der Waals surface area contributed by atoms with Gasteiger partial charge >= 0.3 is 5.97 Å². The van der Waals surface area contributed by atoms with E-state index >= 15 is 0 Å². The fraction of sp³-hybridized carbons (Fsp3) is 0.400. The van der Waals surface area contributed by atoms with Gasteiger partial charge in [0.25, 0.3) is 0 Å². The largest absolute Gasteiger partial charge is 0.497 e. The molecule has 110 valence electrons. The Hall–Kier alpha value is -1.85. The molecule has 0 radical (unpaired) electrons. The second kappa shape index (κ2) is 8.35. The van der Waals surface area contributed by atoms with Gasteiger partial charge in [-0.3, -0.25) is 4.79 Å². The van der Waals surface area contributed by atoms with E-state index in [1.807, 2.05) is 24.3 Å². The Labute approximate surface area is 118 Å². The van der Waals surface area contributed by atoms with Crippen molar-refractivity contribution in [1.29, 1.82) is 0 Å². The monoisotopic (exact) mass is 280 g/mol. The molecule has 0 amide bonds. The van der Waals surface area contributed by atoms with Crippen LogP contribution in [0.25, 0.3) is 0 Å². The van der Waals surface area contributed by atoms with Crippen LogP contribution in [-0.2, 0) is 20.9 Å². The predicted molar refractivity (Wildman–Crippen MR) is 74.4 cm³/mol. The van der Waals surface area contributed by atoms with Crippen molar-refractivity contribution in [2.75, 3.05) is 14.2 Å². The van der Waals surface area contributed by atoms with E-state index in [1.165, 1.54) is 13.2 Å². The van der Waals surface area contributed by atoms with Gasteiger partial charge in [-0.1, -0.05) is 18.2 Å². The summed E-state index contributed by atoms with van der Waals surface area (Å²) in [5.74, 6) is 0.316. The number of carbonyl (C=O) groups is 1. The summed E-state index contributed by atoms with van der Waals surface area (Å²) in [5.41, 5.74) is 0.914. The molecule has 0 aliphatic rings. The van der Waals surface area contributed by atoms with Crippen molar-refractivity contribution >= 4 is 5.97 Å². The van der Waals surface area contributed by atoms with Gasteiger partial charge < -0.3 is 19.3 Å². The SMILES string of the molecule is C=C[C@@H](O)[C@@H](CC(=O)OC)OCc1ccc(OC)cc1. The summed E-state index contributed by atoms with van der Waals surface area (Å²) in [7, 11) is 2.89. The molecule has 2 atom stereocenters. The first kappa shape index (κ1) is 16.2. The van der Waals surface area contributed by atoms with Crippen molar-refractivity contribution in [2.24, 2.45) is 0 Å². The minimum absolute atomic E-state index is 0.0279. The first-order valence-corrected chi connectivity index (χ1v) is 6.22. The van der Waals surface area contributed by atoms with E-state index in [2.05, 4.69) is 11.3 Å². The van der Waals surface area contributed by atoms with Gasteiger partial charge in [-0.25, -0.2) is 0 Å². The molecule has 0 saturated heterocycles. The third kappa shape index (κ3) is 5.03. The quantitative estimate of drug-likeness (QED) is 0.580. The maximum atomic E-state index is 11.3. The smallest absolute Gasteiger partial charge is 0.308 e. The Kier molecular flexibility index (Phi) is 6.76. The predicted octanol–water partition coefficient (Wildman–Crippen LogP) is 1.69. The molecule has 0 unspecified atom stereocenters. The second-order valence-corrected chi connectivity index (χ2v) is 4.20. The molecule has 1 aromatic carbocycles. The maximum absolute atomic E-state index is 11.3. The van der Waals surface area contributed by atoms with Crippen LogP contribution >= 0.6 is 0 Å². The van der Waals surface area contributed by atoms with Gasteiger partial charge in [-0.05, 0) is 17.7 Å². The van der Waals surface area contributed by atoms with Crippen LogP contribution in [0.15, 0.2) is 36.9 Å². The fourth-order valence-corrected chi connectivity index (χ4v) is 1.60. The van der Waals surface area contributed by atoms with Crippen LogP contribution in [0.4, 0.5) is 0 Å². The molecule has 0 saturated carbocycles. The number of aliphatic hydroxyl groups is 1. The third-order valence-corrected chi connectivity index (χ3v) is 2.84. The van der Waals surface area contributed by atoms with Crippen molar-refractivity contribution in [3.8, 4) is 5.75 Å². The standard InChI is InChI=1S/C15H20O5/c1-4-13(16)14(9-15(17)19-3)20-10-11-5-7-12(18-2)8-6-11/h4-8,13-14,16H,1,9-10H2,2-3H3/t13-,14-/m1/s1. The number of esters is 1. The minimum Gasteiger partial charge on any atom is -0.497 e. The normalized spacial score (nSPS) is 13.3. The summed E-state index contributed by atoms with van der Waals surface area (Å²) in [6.45, 7) is 3.77. The van der Waals surface area contributed by atoms with Crippen LogP contribution in [0.3, 0.4) is 0 Å². The van der Waals surface area contributed by atoms with E-state index in [-0.39, 0.29) is 13.0 Å². The number of hydrogen-bond donors (Lipinski definition) is 1. The highest BCUT2D eigenvalue weighted by Crippen LogP contribution is 2.15. The number of benzene rings is 1. The lowest BCUT2D eigenvalue weighted by molar-refractivity contribution is -0.146. The Morgan fingerprint density at radius 3 is 2.50 bits per heavy atom. The number of methoxy groups -OCH3 is 2. The van der Waals surface area contributed by atoms with Crippen LogP contribution in [0.2, 0.25) is 0 Å². The number of carbonyl (C=O) groups excluding carboxylic acids is 1. The van der Waals surface area contributed by atoms with Gasteiger partial charge in [-0.15, -0.1) is 6.58 Å². The van der Waals surface area contributed by atoms with E-state index in [0.29, 0.717) is 0 Å². The van der Waals surface area contributed by atoms with Crippen molar-refractivity contribution in [1.82, 2.24) is 0 Å². The number of ether oxygens (including phenoxy) is 3. The molecule has 1 N–H and O–H groups in total. The number of rotatable bonds is 8. The summed E-state index contributed by atoms with van der Waals surface area (Å²) in [4.78, 5) is 11.3. The maximum Gasteiger partial charge on any atom is 0.308 e.